The second-order valence-corrected chi connectivity index (χ2v) is 5.28. The fourth-order valence-electron chi connectivity index (χ4n) is 2.49. The summed E-state index contributed by atoms with van der Waals surface area (Å²) in [7, 11) is 0. The van der Waals surface area contributed by atoms with Crippen molar-refractivity contribution >= 4 is 0 Å². The lowest BCUT2D eigenvalue weighted by Gasteiger charge is -2.12. The van der Waals surface area contributed by atoms with Gasteiger partial charge in [-0.05, 0) is 30.5 Å². The van der Waals surface area contributed by atoms with Crippen molar-refractivity contribution in [3.8, 4) is 5.75 Å². The molecule has 1 atom stereocenters. The fourth-order valence-corrected chi connectivity index (χ4v) is 2.49. The first-order valence-corrected chi connectivity index (χ1v) is 6.97. The van der Waals surface area contributed by atoms with E-state index < -0.39 is 0 Å². The molecule has 3 rings (SSSR count). The zero-order valence-electron chi connectivity index (χ0n) is 10.7. The van der Waals surface area contributed by atoms with E-state index in [-0.39, 0.29) is 0 Å². The van der Waals surface area contributed by atoms with Gasteiger partial charge >= 0.3 is 0 Å². The van der Waals surface area contributed by atoms with E-state index in [1.165, 1.54) is 31.2 Å². The quantitative estimate of drug-likeness (QED) is 0.784. The zero-order valence-corrected chi connectivity index (χ0v) is 10.7. The summed E-state index contributed by atoms with van der Waals surface area (Å²) in [6.07, 6.45) is 5.74. The van der Waals surface area contributed by atoms with Gasteiger partial charge in [-0.3, -0.25) is 0 Å². The van der Waals surface area contributed by atoms with Crippen LogP contribution in [-0.4, -0.2) is 25.4 Å². The summed E-state index contributed by atoms with van der Waals surface area (Å²) >= 11 is 0. The molecule has 0 bridgehead atoms. The van der Waals surface area contributed by atoms with Gasteiger partial charge in [-0.25, -0.2) is 0 Å². The third-order valence-corrected chi connectivity index (χ3v) is 3.69. The molecular weight excluding hydrogens is 226 g/mol. The van der Waals surface area contributed by atoms with E-state index in [0.717, 1.165) is 24.9 Å². The molecule has 1 aliphatic carbocycles. The summed E-state index contributed by atoms with van der Waals surface area (Å²) < 4.78 is 10.8. The number of epoxide rings is 1. The average molecular weight is 247 g/mol. The van der Waals surface area contributed by atoms with E-state index in [1.807, 2.05) is 6.07 Å². The maximum Gasteiger partial charge on any atom is 0.119 e. The van der Waals surface area contributed by atoms with Crippen LogP contribution in [0.15, 0.2) is 24.3 Å². The Balaban J connectivity index is 1.49. The van der Waals surface area contributed by atoms with Crippen molar-refractivity contribution in [1.82, 2.24) is 5.32 Å². The minimum Gasteiger partial charge on any atom is -0.491 e. The normalized spacial score (nSPS) is 23.2. The van der Waals surface area contributed by atoms with Crippen molar-refractivity contribution in [3.05, 3.63) is 29.8 Å². The summed E-state index contributed by atoms with van der Waals surface area (Å²) in [5.41, 5.74) is 1.30. The second-order valence-electron chi connectivity index (χ2n) is 5.28. The number of benzene rings is 1. The Kier molecular flexibility index (Phi) is 3.81. The molecule has 3 nitrogen and oxygen atoms in total. The molecule has 1 aromatic rings. The molecule has 1 aromatic carbocycles. The highest BCUT2D eigenvalue weighted by atomic mass is 16.6. The Bertz CT molecular complexity index is 384. The number of nitrogens with one attached hydrogen (secondary N) is 1. The molecule has 0 aromatic heterocycles. The Hall–Kier alpha value is -1.06. The molecule has 18 heavy (non-hydrogen) atoms. The Labute approximate surface area is 108 Å². The summed E-state index contributed by atoms with van der Waals surface area (Å²) in [6, 6.07) is 9.08. The minimum absolute atomic E-state index is 0.324. The molecule has 0 amide bonds. The molecule has 1 saturated carbocycles. The molecule has 1 aliphatic heterocycles. The topological polar surface area (TPSA) is 33.8 Å². The number of ether oxygens (including phenoxy) is 2. The molecule has 0 spiro atoms. The van der Waals surface area contributed by atoms with Crippen LogP contribution in [-0.2, 0) is 11.3 Å². The summed E-state index contributed by atoms with van der Waals surface area (Å²) in [5, 5.41) is 3.62. The van der Waals surface area contributed by atoms with Crippen molar-refractivity contribution in [2.45, 2.75) is 44.4 Å². The first kappa shape index (κ1) is 12.0. The third kappa shape index (κ3) is 3.47. The van der Waals surface area contributed by atoms with Gasteiger partial charge < -0.3 is 14.8 Å². The first-order chi connectivity index (χ1) is 8.90. The van der Waals surface area contributed by atoms with Gasteiger partial charge in [0.2, 0.25) is 0 Å². The molecule has 1 saturated heterocycles. The molecule has 2 fully saturated rings. The number of rotatable bonds is 6. The van der Waals surface area contributed by atoms with E-state index in [1.54, 1.807) is 0 Å². The third-order valence-electron chi connectivity index (χ3n) is 3.69. The van der Waals surface area contributed by atoms with E-state index in [2.05, 4.69) is 23.5 Å². The Morgan fingerprint density at radius 1 is 1.28 bits per heavy atom. The van der Waals surface area contributed by atoms with E-state index >= 15 is 0 Å². The van der Waals surface area contributed by atoms with Crippen LogP contribution in [0.25, 0.3) is 0 Å². The predicted octanol–water partition coefficient (Wildman–Crippen LogP) is 2.50. The van der Waals surface area contributed by atoms with Crippen LogP contribution in [0.4, 0.5) is 0 Å². The Morgan fingerprint density at radius 2 is 2.11 bits per heavy atom. The lowest BCUT2D eigenvalue weighted by atomic mass is 10.2. The monoisotopic (exact) mass is 247 g/mol. The van der Waals surface area contributed by atoms with Crippen LogP contribution in [0.2, 0.25) is 0 Å². The highest BCUT2D eigenvalue weighted by molar-refractivity contribution is 5.28. The van der Waals surface area contributed by atoms with Crippen LogP contribution in [0.3, 0.4) is 0 Å². The van der Waals surface area contributed by atoms with E-state index in [9.17, 15) is 0 Å². The van der Waals surface area contributed by atoms with Crippen LogP contribution in [0.1, 0.15) is 31.2 Å². The molecule has 3 heteroatoms. The second kappa shape index (κ2) is 5.72. The van der Waals surface area contributed by atoms with Crippen LogP contribution >= 0.6 is 0 Å². The van der Waals surface area contributed by atoms with Crippen molar-refractivity contribution < 1.29 is 9.47 Å². The number of hydrogen-bond acceptors (Lipinski definition) is 3. The molecule has 1 N–H and O–H groups in total. The lowest BCUT2D eigenvalue weighted by Crippen LogP contribution is -2.25. The van der Waals surface area contributed by atoms with Gasteiger partial charge in [-0.1, -0.05) is 25.0 Å². The van der Waals surface area contributed by atoms with Crippen LogP contribution < -0.4 is 10.1 Å². The van der Waals surface area contributed by atoms with Crippen LogP contribution in [0, 0.1) is 0 Å². The van der Waals surface area contributed by atoms with Gasteiger partial charge in [0.15, 0.2) is 0 Å². The molecule has 0 radical (unpaired) electrons. The SMILES string of the molecule is c1cc(CNC2CCCC2)cc(OCC2CO2)c1. The highest BCUT2D eigenvalue weighted by Crippen LogP contribution is 2.19. The standard InChI is InChI=1S/C15H21NO2/c1-2-6-13(5-1)16-9-12-4-3-7-14(8-12)17-10-15-11-18-15/h3-4,7-8,13,15-16H,1-2,5-6,9-11H2. The smallest absolute Gasteiger partial charge is 0.119 e. The van der Waals surface area contributed by atoms with Gasteiger partial charge in [-0.2, -0.15) is 0 Å². The van der Waals surface area contributed by atoms with Crippen molar-refractivity contribution in [2.75, 3.05) is 13.2 Å². The van der Waals surface area contributed by atoms with Gasteiger partial charge in [0, 0.05) is 12.6 Å². The van der Waals surface area contributed by atoms with Crippen molar-refractivity contribution in [1.29, 1.82) is 0 Å². The minimum atomic E-state index is 0.324. The summed E-state index contributed by atoms with van der Waals surface area (Å²) in [6.45, 7) is 2.48. The maximum absolute atomic E-state index is 5.69. The lowest BCUT2D eigenvalue weighted by molar-refractivity contribution is 0.263. The molecule has 1 heterocycles. The van der Waals surface area contributed by atoms with E-state index in [4.69, 9.17) is 9.47 Å². The fraction of sp³-hybridized carbons (Fsp3) is 0.600. The van der Waals surface area contributed by atoms with Gasteiger partial charge in [0.05, 0.1) is 6.61 Å². The molecular formula is C15H21NO2. The molecule has 98 valence electrons. The predicted molar refractivity (Wildman–Crippen MR) is 70.8 cm³/mol. The molecule has 2 aliphatic rings. The highest BCUT2D eigenvalue weighted by Gasteiger charge is 2.23. The van der Waals surface area contributed by atoms with Crippen molar-refractivity contribution in [3.63, 3.8) is 0 Å². The zero-order chi connectivity index (χ0) is 12.2. The molecule has 1 unspecified atom stereocenters. The summed E-state index contributed by atoms with van der Waals surface area (Å²) in [5.74, 6) is 0.955. The van der Waals surface area contributed by atoms with E-state index in [0.29, 0.717) is 12.7 Å². The average Bonchev–Trinajstić information content (AvgIpc) is 3.09. The number of hydrogen-bond donors (Lipinski definition) is 1. The van der Waals surface area contributed by atoms with Gasteiger partial charge in [-0.15, -0.1) is 0 Å². The van der Waals surface area contributed by atoms with Gasteiger partial charge in [0.1, 0.15) is 18.5 Å². The Morgan fingerprint density at radius 3 is 2.89 bits per heavy atom. The maximum atomic E-state index is 5.69. The summed E-state index contributed by atoms with van der Waals surface area (Å²) in [4.78, 5) is 0. The van der Waals surface area contributed by atoms with Crippen molar-refractivity contribution in [2.24, 2.45) is 0 Å². The largest absolute Gasteiger partial charge is 0.491 e. The van der Waals surface area contributed by atoms with Crippen LogP contribution in [0.5, 0.6) is 5.75 Å². The first-order valence-electron chi connectivity index (χ1n) is 6.97. The van der Waals surface area contributed by atoms with Gasteiger partial charge in [0.25, 0.3) is 0 Å².